The fourth-order valence-corrected chi connectivity index (χ4v) is 3.91. The van der Waals surface area contributed by atoms with Crippen LogP contribution >= 0.6 is 11.8 Å². The van der Waals surface area contributed by atoms with E-state index in [0.29, 0.717) is 12.4 Å². The molecule has 0 bridgehead atoms. The normalized spacial score (nSPS) is 17.0. The van der Waals surface area contributed by atoms with Gasteiger partial charge in [-0.3, -0.25) is 4.79 Å². The molecule has 0 spiro atoms. The van der Waals surface area contributed by atoms with E-state index >= 15 is 0 Å². The second kappa shape index (κ2) is 8.25. The molecule has 1 aliphatic rings. The van der Waals surface area contributed by atoms with Crippen LogP contribution in [0.15, 0.2) is 59.5 Å². The van der Waals surface area contributed by atoms with E-state index in [-0.39, 0.29) is 11.9 Å². The molecule has 24 heavy (non-hydrogen) atoms. The van der Waals surface area contributed by atoms with Crippen molar-refractivity contribution in [3.05, 3.63) is 60.2 Å². The third-order valence-electron chi connectivity index (χ3n) is 4.25. The Balaban J connectivity index is 1.63. The Morgan fingerprint density at radius 2 is 1.92 bits per heavy atom. The SMILES string of the molecule is CCOc1ccc(C2CCCN2C(=O)CSc2ccccc2)cc1. The molecule has 0 aromatic heterocycles. The number of likely N-dealkylation sites (tertiary alicyclic amines) is 1. The second-order valence-electron chi connectivity index (χ2n) is 5.85. The highest BCUT2D eigenvalue weighted by Crippen LogP contribution is 2.33. The molecule has 2 aromatic rings. The summed E-state index contributed by atoms with van der Waals surface area (Å²) >= 11 is 1.61. The number of hydrogen-bond donors (Lipinski definition) is 0. The molecule has 3 rings (SSSR count). The summed E-state index contributed by atoms with van der Waals surface area (Å²) in [5.41, 5.74) is 1.20. The van der Waals surface area contributed by atoms with E-state index in [1.807, 2.05) is 54.3 Å². The van der Waals surface area contributed by atoms with Crippen LogP contribution in [0.5, 0.6) is 5.75 Å². The molecule has 0 radical (unpaired) electrons. The minimum Gasteiger partial charge on any atom is -0.494 e. The summed E-state index contributed by atoms with van der Waals surface area (Å²) in [6.45, 7) is 3.51. The van der Waals surface area contributed by atoms with Crippen molar-refractivity contribution < 1.29 is 9.53 Å². The van der Waals surface area contributed by atoms with Crippen molar-refractivity contribution in [3.63, 3.8) is 0 Å². The van der Waals surface area contributed by atoms with E-state index in [0.717, 1.165) is 30.0 Å². The number of rotatable bonds is 6. The highest BCUT2D eigenvalue weighted by atomic mass is 32.2. The predicted molar refractivity (Wildman–Crippen MR) is 98.5 cm³/mol. The average Bonchev–Trinajstić information content (AvgIpc) is 3.11. The number of nitrogens with zero attached hydrogens (tertiary/aromatic N) is 1. The van der Waals surface area contributed by atoms with Gasteiger partial charge in [0, 0.05) is 11.4 Å². The van der Waals surface area contributed by atoms with Crippen molar-refractivity contribution in [3.8, 4) is 5.75 Å². The molecule has 2 aromatic carbocycles. The molecule has 1 fully saturated rings. The van der Waals surface area contributed by atoms with Crippen molar-refractivity contribution in [2.45, 2.75) is 30.7 Å². The number of carbonyl (C=O) groups excluding carboxylic acids is 1. The molecule has 0 N–H and O–H groups in total. The molecule has 1 amide bonds. The van der Waals surface area contributed by atoms with Gasteiger partial charge in [0.1, 0.15) is 5.75 Å². The van der Waals surface area contributed by atoms with E-state index in [1.165, 1.54) is 5.56 Å². The Kier molecular flexibility index (Phi) is 5.81. The van der Waals surface area contributed by atoms with Crippen molar-refractivity contribution in [1.29, 1.82) is 0 Å². The molecule has 0 aliphatic carbocycles. The van der Waals surface area contributed by atoms with Gasteiger partial charge in [-0.2, -0.15) is 0 Å². The van der Waals surface area contributed by atoms with Crippen LogP contribution in [0.3, 0.4) is 0 Å². The molecule has 1 atom stereocenters. The number of carbonyl (C=O) groups is 1. The first kappa shape index (κ1) is 16.9. The second-order valence-corrected chi connectivity index (χ2v) is 6.90. The molecule has 1 heterocycles. The number of thioether (sulfide) groups is 1. The standard InChI is InChI=1S/C20H23NO2S/c1-2-23-17-12-10-16(11-13-17)19-9-6-14-21(19)20(22)15-24-18-7-4-3-5-8-18/h3-5,7-8,10-13,19H,2,6,9,14-15H2,1H3. The van der Waals surface area contributed by atoms with Gasteiger partial charge in [-0.25, -0.2) is 0 Å². The summed E-state index contributed by atoms with van der Waals surface area (Å²) in [7, 11) is 0. The van der Waals surface area contributed by atoms with Crippen LogP contribution in [-0.4, -0.2) is 29.7 Å². The maximum Gasteiger partial charge on any atom is 0.233 e. The van der Waals surface area contributed by atoms with E-state index in [9.17, 15) is 4.79 Å². The topological polar surface area (TPSA) is 29.5 Å². The molecule has 1 aliphatic heterocycles. The fraction of sp³-hybridized carbons (Fsp3) is 0.350. The van der Waals surface area contributed by atoms with Gasteiger partial charge >= 0.3 is 0 Å². The Morgan fingerprint density at radius 3 is 2.62 bits per heavy atom. The van der Waals surface area contributed by atoms with Gasteiger partial charge in [0.2, 0.25) is 5.91 Å². The lowest BCUT2D eigenvalue weighted by Crippen LogP contribution is -2.31. The van der Waals surface area contributed by atoms with Crippen LogP contribution in [0.25, 0.3) is 0 Å². The average molecular weight is 341 g/mol. The summed E-state index contributed by atoms with van der Waals surface area (Å²) < 4.78 is 5.50. The predicted octanol–water partition coefficient (Wildman–Crippen LogP) is 4.54. The molecular weight excluding hydrogens is 318 g/mol. The quantitative estimate of drug-likeness (QED) is 0.722. The lowest BCUT2D eigenvalue weighted by atomic mass is 10.0. The number of ether oxygens (including phenoxy) is 1. The lowest BCUT2D eigenvalue weighted by Gasteiger charge is -2.25. The van der Waals surface area contributed by atoms with E-state index < -0.39 is 0 Å². The first-order chi connectivity index (χ1) is 11.8. The van der Waals surface area contributed by atoms with Crippen molar-refractivity contribution in [2.75, 3.05) is 18.9 Å². The summed E-state index contributed by atoms with van der Waals surface area (Å²) in [4.78, 5) is 15.8. The lowest BCUT2D eigenvalue weighted by molar-refractivity contribution is -0.129. The van der Waals surface area contributed by atoms with Crippen LogP contribution in [-0.2, 0) is 4.79 Å². The maximum atomic E-state index is 12.7. The molecule has 0 saturated carbocycles. The highest BCUT2D eigenvalue weighted by molar-refractivity contribution is 8.00. The molecule has 3 nitrogen and oxygen atoms in total. The van der Waals surface area contributed by atoms with E-state index in [4.69, 9.17) is 4.74 Å². The third-order valence-corrected chi connectivity index (χ3v) is 5.25. The monoisotopic (exact) mass is 341 g/mol. The summed E-state index contributed by atoms with van der Waals surface area (Å²) in [5, 5.41) is 0. The largest absolute Gasteiger partial charge is 0.494 e. The third kappa shape index (κ3) is 4.12. The van der Waals surface area contributed by atoms with Gasteiger partial charge in [0.05, 0.1) is 18.4 Å². The first-order valence-corrected chi connectivity index (χ1v) is 9.46. The van der Waals surface area contributed by atoms with Gasteiger partial charge in [-0.15, -0.1) is 11.8 Å². The Labute approximate surface area is 148 Å². The highest BCUT2D eigenvalue weighted by Gasteiger charge is 2.29. The van der Waals surface area contributed by atoms with Gasteiger partial charge in [-0.1, -0.05) is 30.3 Å². The smallest absolute Gasteiger partial charge is 0.233 e. The van der Waals surface area contributed by atoms with Crippen LogP contribution < -0.4 is 4.74 Å². The zero-order chi connectivity index (χ0) is 16.8. The molecule has 126 valence electrons. The Bertz CT molecular complexity index is 657. The Hall–Kier alpha value is -1.94. The zero-order valence-corrected chi connectivity index (χ0v) is 14.8. The first-order valence-electron chi connectivity index (χ1n) is 8.48. The fourth-order valence-electron chi connectivity index (χ4n) is 3.11. The summed E-state index contributed by atoms with van der Waals surface area (Å²) in [6.07, 6.45) is 2.11. The molecular formula is C20H23NO2S. The van der Waals surface area contributed by atoms with Crippen LogP contribution in [0.2, 0.25) is 0 Å². The van der Waals surface area contributed by atoms with Gasteiger partial charge in [0.25, 0.3) is 0 Å². The molecule has 1 unspecified atom stereocenters. The number of hydrogen-bond acceptors (Lipinski definition) is 3. The van der Waals surface area contributed by atoms with Crippen molar-refractivity contribution in [2.24, 2.45) is 0 Å². The van der Waals surface area contributed by atoms with Crippen LogP contribution in [0, 0.1) is 0 Å². The zero-order valence-electron chi connectivity index (χ0n) is 14.0. The van der Waals surface area contributed by atoms with Gasteiger partial charge < -0.3 is 9.64 Å². The number of benzene rings is 2. The summed E-state index contributed by atoms with van der Waals surface area (Å²) in [5.74, 6) is 1.61. The maximum absolute atomic E-state index is 12.7. The van der Waals surface area contributed by atoms with Crippen molar-refractivity contribution in [1.82, 2.24) is 4.90 Å². The van der Waals surface area contributed by atoms with E-state index in [1.54, 1.807) is 11.8 Å². The number of amides is 1. The Morgan fingerprint density at radius 1 is 1.17 bits per heavy atom. The van der Waals surface area contributed by atoms with E-state index in [2.05, 4.69) is 12.1 Å². The molecule has 4 heteroatoms. The minimum absolute atomic E-state index is 0.199. The van der Waals surface area contributed by atoms with Crippen LogP contribution in [0.4, 0.5) is 0 Å². The molecule has 1 saturated heterocycles. The van der Waals surface area contributed by atoms with Gasteiger partial charge in [0.15, 0.2) is 0 Å². The summed E-state index contributed by atoms with van der Waals surface area (Å²) in [6, 6.07) is 18.5. The van der Waals surface area contributed by atoms with Crippen molar-refractivity contribution >= 4 is 17.7 Å². The van der Waals surface area contributed by atoms with Crippen LogP contribution in [0.1, 0.15) is 31.4 Å². The minimum atomic E-state index is 0.199. The van der Waals surface area contributed by atoms with Gasteiger partial charge in [-0.05, 0) is 49.6 Å².